The van der Waals surface area contributed by atoms with E-state index >= 15 is 0 Å². The Kier molecular flexibility index (Phi) is 2.45. The summed E-state index contributed by atoms with van der Waals surface area (Å²) in [6, 6.07) is 0. The normalized spacial score (nSPS) is 33.6. The number of carboxylic acids is 1. The highest BCUT2D eigenvalue weighted by atomic mass is 16.4. The number of hydrogen-bond acceptors (Lipinski definition) is 1. The lowest BCUT2D eigenvalue weighted by molar-refractivity contribution is -0.139. The minimum Gasteiger partial charge on any atom is -0.481 e. The summed E-state index contributed by atoms with van der Waals surface area (Å²) in [4.78, 5) is 10.5. The summed E-state index contributed by atoms with van der Waals surface area (Å²) in [7, 11) is 0. The number of carbonyl (C=O) groups is 1. The summed E-state index contributed by atoms with van der Waals surface area (Å²) in [5.41, 5.74) is 0.221. The molecule has 0 radical (unpaired) electrons. The lowest BCUT2D eigenvalue weighted by Crippen LogP contribution is -2.25. The van der Waals surface area contributed by atoms with Crippen LogP contribution in [0.1, 0.15) is 40.0 Å². The number of aliphatic carboxylic acids is 1. The lowest BCUT2D eigenvalue weighted by atomic mass is 9.75. The predicted molar refractivity (Wildman–Crippen MR) is 47.9 cm³/mol. The molecule has 0 spiro atoms. The maximum atomic E-state index is 10.5. The maximum absolute atomic E-state index is 10.5. The zero-order valence-electron chi connectivity index (χ0n) is 8.13. The van der Waals surface area contributed by atoms with E-state index in [2.05, 4.69) is 20.8 Å². The lowest BCUT2D eigenvalue weighted by Gasteiger charge is -2.30. The Morgan fingerprint density at radius 1 is 1.50 bits per heavy atom. The molecule has 0 aromatic rings. The third kappa shape index (κ3) is 1.62. The van der Waals surface area contributed by atoms with Gasteiger partial charge in [0.1, 0.15) is 0 Å². The van der Waals surface area contributed by atoms with Crippen molar-refractivity contribution in [1.82, 2.24) is 0 Å². The molecular weight excluding hydrogens is 152 g/mol. The standard InChI is InChI=1S/C10H18O2/c1-7-4-5-8(6-9(11)12)10(7,2)3/h7-8H,4-6H2,1-3H3,(H,11,12)/t7-,8-/m1/s1. The van der Waals surface area contributed by atoms with Crippen LogP contribution in [0.4, 0.5) is 0 Å². The van der Waals surface area contributed by atoms with Gasteiger partial charge < -0.3 is 5.11 Å². The molecule has 0 aromatic heterocycles. The van der Waals surface area contributed by atoms with Crippen LogP contribution in [0.25, 0.3) is 0 Å². The minimum atomic E-state index is -0.651. The van der Waals surface area contributed by atoms with Gasteiger partial charge in [-0.25, -0.2) is 0 Å². The summed E-state index contributed by atoms with van der Waals surface area (Å²) in [5.74, 6) is 0.397. The Hall–Kier alpha value is -0.530. The Bertz CT molecular complexity index is 184. The number of rotatable bonds is 2. The molecule has 1 rings (SSSR count). The Morgan fingerprint density at radius 2 is 2.08 bits per heavy atom. The summed E-state index contributed by atoms with van der Waals surface area (Å²) in [6.07, 6.45) is 2.61. The van der Waals surface area contributed by atoms with Crippen LogP contribution in [0.2, 0.25) is 0 Å². The number of carboxylic acid groups (broad SMARTS) is 1. The highest BCUT2D eigenvalue weighted by Gasteiger charge is 2.40. The molecule has 0 heterocycles. The first-order chi connectivity index (χ1) is 5.44. The maximum Gasteiger partial charge on any atom is 0.303 e. The van der Waals surface area contributed by atoms with E-state index < -0.39 is 5.97 Å². The fourth-order valence-corrected chi connectivity index (χ4v) is 2.17. The first-order valence-corrected chi connectivity index (χ1v) is 4.66. The summed E-state index contributed by atoms with van der Waals surface area (Å²) < 4.78 is 0. The van der Waals surface area contributed by atoms with Crippen molar-refractivity contribution < 1.29 is 9.90 Å². The molecule has 1 aliphatic rings. The molecule has 0 unspecified atom stereocenters. The highest BCUT2D eigenvalue weighted by Crippen LogP contribution is 2.48. The molecule has 0 amide bonds. The van der Waals surface area contributed by atoms with E-state index in [1.165, 1.54) is 6.42 Å². The van der Waals surface area contributed by atoms with Gasteiger partial charge in [-0.05, 0) is 30.1 Å². The van der Waals surface area contributed by atoms with Gasteiger partial charge in [0, 0.05) is 6.42 Å². The zero-order valence-corrected chi connectivity index (χ0v) is 8.13. The molecule has 1 aliphatic carbocycles. The molecule has 0 bridgehead atoms. The van der Waals surface area contributed by atoms with Crippen molar-refractivity contribution in [2.24, 2.45) is 17.3 Å². The van der Waals surface area contributed by atoms with Gasteiger partial charge in [-0.3, -0.25) is 4.79 Å². The van der Waals surface area contributed by atoms with Crippen molar-refractivity contribution in [3.05, 3.63) is 0 Å². The average Bonchev–Trinajstić information content (AvgIpc) is 2.15. The second-order valence-corrected chi connectivity index (χ2v) is 4.59. The molecule has 1 N–H and O–H groups in total. The Labute approximate surface area is 74.0 Å². The molecule has 1 fully saturated rings. The van der Waals surface area contributed by atoms with Gasteiger partial charge in [-0.2, -0.15) is 0 Å². The molecule has 2 atom stereocenters. The van der Waals surface area contributed by atoms with Gasteiger partial charge in [0.2, 0.25) is 0 Å². The summed E-state index contributed by atoms with van der Waals surface area (Å²) in [5, 5.41) is 8.69. The van der Waals surface area contributed by atoms with Gasteiger partial charge in [0.05, 0.1) is 0 Å². The van der Waals surface area contributed by atoms with Crippen LogP contribution in [0.15, 0.2) is 0 Å². The van der Waals surface area contributed by atoms with E-state index in [0.717, 1.165) is 6.42 Å². The average molecular weight is 170 g/mol. The van der Waals surface area contributed by atoms with Crippen molar-refractivity contribution in [3.8, 4) is 0 Å². The van der Waals surface area contributed by atoms with Crippen molar-refractivity contribution in [2.45, 2.75) is 40.0 Å². The van der Waals surface area contributed by atoms with Gasteiger partial charge in [-0.1, -0.05) is 20.8 Å². The third-order valence-electron chi connectivity index (χ3n) is 3.69. The van der Waals surface area contributed by atoms with Crippen LogP contribution in [0.3, 0.4) is 0 Å². The molecule has 2 heteroatoms. The van der Waals surface area contributed by atoms with E-state index in [1.807, 2.05) is 0 Å². The van der Waals surface area contributed by atoms with Crippen molar-refractivity contribution in [3.63, 3.8) is 0 Å². The van der Waals surface area contributed by atoms with E-state index in [4.69, 9.17) is 5.11 Å². The molecule has 0 aromatic carbocycles. The van der Waals surface area contributed by atoms with Crippen LogP contribution >= 0.6 is 0 Å². The third-order valence-corrected chi connectivity index (χ3v) is 3.69. The second kappa shape index (κ2) is 3.08. The fraction of sp³-hybridized carbons (Fsp3) is 0.900. The monoisotopic (exact) mass is 170 g/mol. The first kappa shape index (κ1) is 9.56. The van der Waals surface area contributed by atoms with Crippen molar-refractivity contribution >= 4 is 5.97 Å². The van der Waals surface area contributed by atoms with E-state index in [-0.39, 0.29) is 5.41 Å². The van der Waals surface area contributed by atoms with Gasteiger partial charge >= 0.3 is 5.97 Å². The van der Waals surface area contributed by atoms with Crippen LogP contribution in [0.5, 0.6) is 0 Å². The van der Waals surface area contributed by atoms with E-state index in [0.29, 0.717) is 18.3 Å². The molecule has 12 heavy (non-hydrogen) atoms. The molecule has 0 saturated heterocycles. The predicted octanol–water partition coefficient (Wildman–Crippen LogP) is 2.53. The van der Waals surface area contributed by atoms with Crippen molar-refractivity contribution in [1.29, 1.82) is 0 Å². The topological polar surface area (TPSA) is 37.3 Å². The smallest absolute Gasteiger partial charge is 0.303 e. The van der Waals surface area contributed by atoms with Gasteiger partial charge in [0.25, 0.3) is 0 Å². The highest BCUT2D eigenvalue weighted by molar-refractivity contribution is 5.67. The van der Waals surface area contributed by atoms with Crippen LogP contribution < -0.4 is 0 Å². The van der Waals surface area contributed by atoms with E-state index in [9.17, 15) is 4.79 Å². The van der Waals surface area contributed by atoms with Gasteiger partial charge in [-0.15, -0.1) is 0 Å². The van der Waals surface area contributed by atoms with E-state index in [1.54, 1.807) is 0 Å². The molecule has 2 nitrogen and oxygen atoms in total. The van der Waals surface area contributed by atoms with Crippen molar-refractivity contribution in [2.75, 3.05) is 0 Å². The Balaban J connectivity index is 2.62. The first-order valence-electron chi connectivity index (χ1n) is 4.66. The largest absolute Gasteiger partial charge is 0.481 e. The summed E-state index contributed by atoms with van der Waals surface area (Å²) >= 11 is 0. The second-order valence-electron chi connectivity index (χ2n) is 4.59. The molecule has 70 valence electrons. The minimum absolute atomic E-state index is 0.221. The molecule has 1 saturated carbocycles. The quantitative estimate of drug-likeness (QED) is 0.691. The van der Waals surface area contributed by atoms with Crippen LogP contribution in [-0.2, 0) is 4.79 Å². The molecule has 0 aliphatic heterocycles. The zero-order chi connectivity index (χ0) is 9.35. The summed E-state index contributed by atoms with van der Waals surface area (Å²) in [6.45, 7) is 6.61. The van der Waals surface area contributed by atoms with Gasteiger partial charge in [0.15, 0.2) is 0 Å². The fourth-order valence-electron chi connectivity index (χ4n) is 2.17. The number of hydrogen-bond donors (Lipinski definition) is 1. The molecular formula is C10H18O2. The van der Waals surface area contributed by atoms with Crippen LogP contribution in [0, 0.1) is 17.3 Å². The SMILES string of the molecule is C[C@@H]1CC[C@H](CC(=O)O)C1(C)C. The van der Waals surface area contributed by atoms with Crippen LogP contribution in [-0.4, -0.2) is 11.1 Å². The Morgan fingerprint density at radius 3 is 2.42 bits per heavy atom.